The largest absolute Gasteiger partial charge is 0.466 e. The second-order valence-corrected chi connectivity index (χ2v) is 5.22. The molecule has 0 fully saturated rings. The van der Waals surface area contributed by atoms with Crippen molar-refractivity contribution in [3.63, 3.8) is 0 Å². The number of carbonyl (C=O) groups is 2. The maximum Gasteiger partial charge on any atom is 0.309 e. The van der Waals surface area contributed by atoms with Crippen LogP contribution in [0.4, 0.5) is 0 Å². The molecule has 0 rings (SSSR count). The van der Waals surface area contributed by atoms with Crippen molar-refractivity contribution in [2.45, 2.75) is 47.5 Å². The summed E-state index contributed by atoms with van der Waals surface area (Å²) in [6, 6.07) is 0. The molecule has 0 aromatic heterocycles. The van der Waals surface area contributed by atoms with Crippen LogP contribution in [0.2, 0.25) is 0 Å². The van der Waals surface area contributed by atoms with E-state index in [1.807, 2.05) is 20.8 Å². The van der Waals surface area contributed by atoms with Crippen LogP contribution in [0.1, 0.15) is 47.5 Å². The van der Waals surface area contributed by atoms with Crippen LogP contribution in [0.15, 0.2) is 0 Å². The molecule has 0 bridgehead atoms. The minimum absolute atomic E-state index is 0.0239. The molecule has 0 aliphatic rings. The molecule has 0 heterocycles. The van der Waals surface area contributed by atoms with Crippen molar-refractivity contribution in [2.75, 3.05) is 13.2 Å². The first-order chi connectivity index (χ1) is 7.80. The van der Waals surface area contributed by atoms with E-state index in [0.717, 1.165) is 0 Å². The van der Waals surface area contributed by atoms with Gasteiger partial charge in [-0.05, 0) is 25.7 Å². The molecule has 1 unspecified atom stereocenters. The Morgan fingerprint density at radius 1 is 1.06 bits per heavy atom. The van der Waals surface area contributed by atoms with E-state index in [4.69, 9.17) is 9.47 Å². The Kier molecular flexibility index (Phi) is 6.85. The van der Waals surface area contributed by atoms with Gasteiger partial charge in [-0.3, -0.25) is 9.59 Å². The Hall–Kier alpha value is -1.06. The monoisotopic (exact) mass is 244 g/mol. The van der Waals surface area contributed by atoms with E-state index >= 15 is 0 Å². The quantitative estimate of drug-likeness (QED) is 0.674. The number of esters is 2. The van der Waals surface area contributed by atoms with E-state index in [-0.39, 0.29) is 23.8 Å². The molecule has 0 radical (unpaired) electrons. The van der Waals surface area contributed by atoms with Gasteiger partial charge in [-0.2, -0.15) is 0 Å². The standard InChI is InChI=1S/C13H24O4/c1-6-16-11(14)8-10(9-13(3,4)5)12(15)17-7-2/h10H,6-9H2,1-5H3. The van der Waals surface area contributed by atoms with E-state index in [0.29, 0.717) is 19.6 Å². The van der Waals surface area contributed by atoms with Gasteiger partial charge in [0.2, 0.25) is 0 Å². The Bertz CT molecular complexity index is 253. The second-order valence-electron chi connectivity index (χ2n) is 5.22. The summed E-state index contributed by atoms with van der Waals surface area (Å²) in [7, 11) is 0. The summed E-state index contributed by atoms with van der Waals surface area (Å²) in [6.07, 6.45) is 0.717. The average Bonchev–Trinajstić information content (AvgIpc) is 2.15. The van der Waals surface area contributed by atoms with E-state index in [1.165, 1.54) is 0 Å². The Morgan fingerprint density at radius 2 is 1.59 bits per heavy atom. The number of carbonyl (C=O) groups excluding carboxylic acids is 2. The number of rotatable bonds is 6. The highest BCUT2D eigenvalue weighted by Gasteiger charge is 2.28. The Labute approximate surface area is 104 Å². The maximum absolute atomic E-state index is 11.7. The number of ether oxygens (including phenoxy) is 2. The predicted molar refractivity (Wildman–Crippen MR) is 65.4 cm³/mol. The summed E-state index contributed by atoms with van der Waals surface area (Å²) in [4.78, 5) is 23.1. The van der Waals surface area contributed by atoms with E-state index in [2.05, 4.69) is 0 Å². The lowest BCUT2D eigenvalue weighted by Gasteiger charge is -2.24. The average molecular weight is 244 g/mol. The fourth-order valence-electron chi connectivity index (χ4n) is 1.66. The third-order valence-corrected chi connectivity index (χ3v) is 2.20. The fourth-order valence-corrected chi connectivity index (χ4v) is 1.66. The molecule has 0 aromatic rings. The molecule has 0 saturated heterocycles. The number of hydrogen-bond donors (Lipinski definition) is 0. The molecule has 100 valence electrons. The van der Waals surface area contributed by atoms with Crippen LogP contribution in [-0.2, 0) is 19.1 Å². The normalized spacial score (nSPS) is 13.0. The first kappa shape index (κ1) is 15.9. The van der Waals surface area contributed by atoms with E-state index in [1.54, 1.807) is 13.8 Å². The van der Waals surface area contributed by atoms with Gasteiger partial charge in [0.25, 0.3) is 0 Å². The molecule has 0 amide bonds. The van der Waals surface area contributed by atoms with Gasteiger partial charge in [0.1, 0.15) is 0 Å². The molecule has 0 aromatic carbocycles. The SMILES string of the molecule is CCOC(=O)CC(CC(C)(C)C)C(=O)OCC. The lowest BCUT2D eigenvalue weighted by atomic mass is 9.83. The van der Waals surface area contributed by atoms with Crippen molar-refractivity contribution in [3.8, 4) is 0 Å². The highest BCUT2D eigenvalue weighted by molar-refractivity contribution is 5.80. The first-order valence-corrected chi connectivity index (χ1v) is 6.12. The topological polar surface area (TPSA) is 52.6 Å². The molecule has 4 heteroatoms. The fraction of sp³-hybridized carbons (Fsp3) is 0.846. The minimum Gasteiger partial charge on any atom is -0.466 e. The zero-order valence-electron chi connectivity index (χ0n) is 11.5. The maximum atomic E-state index is 11.7. The zero-order valence-corrected chi connectivity index (χ0v) is 11.5. The minimum atomic E-state index is -0.408. The molecule has 0 N–H and O–H groups in total. The van der Waals surface area contributed by atoms with Gasteiger partial charge in [-0.25, -0.2) is 0 Å². The van der Waals surface area contributed by atoms with E-state index < -0.39 is 5.92 Å². The van der Waals surface area contributed by atoms with Crippen molar-refractivity contribution in [1.29, 1.82) is 0 Å². The molecular formula is C13H24O4. The van der Waals surface area contributed by atoms with Crippen molar-refractivity contribution in [1.82, 2.24) is 0 Å². The van der Waals surface area contributed by atoms with Crippen LogP contribution in [0, 0.1) is 11.3 Å². The van der Waals surface area contributed by atoms with Gasteiger partial charge >= 0.3 is 11.9 Å². The van der Waals surface area contributed by atoms with Crippen molar-refractivity contribution >= 4 is 11.9 Å². The lowest BCUT2D eigenvalue weighted by Crippen LogP contribution is -2.26. The summed E-state index contributed by atoms with van der Waals surface area (Å²) in [5, 5.41) is 0. The summed E-state index contributed by atoms with van der Waals surface area (Å²) >= 11 is 0. The predicted octanol–water partition coefficient (Wildman–Crippen LogP) is 2.56. The molecule has 0 aliphatic carbocycles. The first-order valence-electron chi connectivity index (χ1n) is 6.12. The summed E-state index contributed by atoms with van der Waals surface area (Å²) in [6.45, 7) is 10.3. The van der Waals surface area contributed by atoms with Gasteiger partial charge in [0, 0.05) is 0 Å². The van der Waals surface area contributed by atoms with Crippen LogP contribution < -0.4 is 0 Å². The van der Waals surface area contributed by atoms with Crippen LogP contribution in [0.3, 0.4) is 0 Å². The summed E-state index contributed by atoms with van der Waals surface area (Å²) in [5.74, 6) is -1.06. The van der Waals surface area contributed by atoms with Gasteiger partial charge in [0.15, 0.2) is 0 Å². The van der Waals surface area contributed by atoms with Crippen LogP contribution in [-0.4, -0.2) is 25.2 Å². The van der Waals surface area contributed by atoms with E-state index in [9.17, 15) is 9.59 Å². The van der Waals surface area contributed by atoms with Gasteiger partial charge in [-0.15, -0.1) is 0 Å². The molecule has 4 nitrogen and oxygen atoms in total. The summed E-state index contributed by atoms with van der Waals surface area (Å²) in [5.41, 5.74) is -0.0239. The van der Waals surface area contributed by atoms with Gasteiger partial charge < -0.3 is 9.47 Å². The molecule has 0 saturated carbocycles. The van der Waals surface area contributed by atoms with Crippen molar-refractivity contribution < 1.29 is 19.1 Å². The third-order valence-electron chi connectivity index (χ3n) is 2.20. The highest BCUT2D eigenvalue weighted by atomic mass is 16.5. The summed E-state index contributed by atoms with van der Waals surface area (Å²) < 4.78 is 9.85. The van der Waals surface area contributed by atoms with Crippen LogP contribution in [0.25, 0.3) is 0 Å². The Balaban J connectivity index is 4.50. The third kappa shape index (κ3) is 7.77. The van der Waals surface area contributed by atoms with Gasteiger partial charge in [0.05, 0.1) is 25.6 Å². The molecule has 0 aliphatic heterocycles. The molecule has 1 atom stereocenters. The van der Waals surface area contributed by atoms with Gasteiger partial charge in [-0.1, -0.05) is 20.8 Å². The van der Waals surface area contributed by atoms with Crippen molar-refractivity contribution in [2.24, 2.45) is 11.3 Å². The smallest absolute Gasteiger partial charge is 0.309 e. The second kappa shape index (κ2) is 7.30. The van der Waals surface area contributed by atoms with Crippen molar-refractivity contribution in [3.05, 3.63) is 0 Å². The highest BCUT2D eigenvalue weighted by Crippen LogP contribution is 2.27. The zero-order chi connectivity index (χ0) is 13.5. The lowest BCUT2D eigenvalue weighted by molar-refractivity contribution is -0.155. The van der Waals surface area contributed by atoms with Crippen LogP contribution >= 0.6 is 0 Å². The van der Waals surface area contributed by atoms with Crippen LogP contribution in [0.5, 0.6) is 0 Å². The number of hydrogen-bond acceptors (Lipinski definition) is 4. The molecular weight excluding hydrogens is 220 g/mol. The molecule has 0 spiro atoms. The molecule has 17 heavy (non-hydrogen) atoms. The Morgan fingerprint density at radius 3 is 2.00 bits per heavy atom.